The zero-order chi connectivity index (χ0) is 35.9. The average molecular weight is 739 g/mol. The van der Waals surface area contributed by atoms with Crippen LogP contribution >= 0.6 is 0 Å². The number of rotatable bonds is 8. The molecule has 0 spiro atoms. The summed E-state index contributed by atoms with van der Waals surface area (Å²) in [6.07, 6.45) is 13.9. The Kier molecular flexibility index (Phi) is 15.7. The van der Waals surface area contributed by atoms with Gasteiger partial charge in [0.15, 0.2) is 17.4 Å². The van der Waals surface area contributed by atoms with Crippen LogP contribution in [0.5, 0.6) is 0 Å². The molecule has 2 saturated heterocycles. The minimum Gasteiger partial charge on any atom is -1.00 e. The van der Waals surface area contributed by atoms with Crippen molar-refractivity contribution < 1.29 is 29.1 Å². The molecule has 4 heterocycles. The summed E-state index contributed by atoms with van der Waals surface area (Å²) in [6, 6.07) is 33.0. The van der Waals surface area contributed by atoms with E-state index in [0.717, 1.165) is 52.1 Å². The number of halogens is 2. The SMILES string of the molecule is Cc1ccc2ccn(C3CCCN(CCc4ccc(F)cc4)CC3)c2c1.Cc1ccc2ccn(C3CCCN(CCc4ccc(F)cc4)CC3)c2c1.[AlH3].[H-].[Li+]. The van der Waals surface area contributed by atoms with Gasteiger partial charge in [0.1, 0.15) is 11.6 Å². The molecule has 2 aliphatic heterocycles. The topological polar surface area (TPSA) is 16.3 Å². The van der Waals surface area contributed by atoms with Gasteiger partial charge in [0.2, 0.25) is 0 Å². The second kappa shape index (κ2) is 20.2. The van der Waals surface area contributed by atoms with Crippen LogP contribution in [0.3, 0.4) is 0 Å². The first-order valence-corrected chi connectivity index (χ1v) is 19.5. The van der Waals surface area contributed by atoms with Gasteiger partial charge < -0.3 is 20.4 Å². The second-order valence-electron chi connectivity index (χ2n) is 15.2. The first kappa shape index (κ1) is 42.0. The quantitative estimate of drug-likeness (QED) is 0.163. The smallest absolute Gasteiger partial charge is 1.00 e. The zero-order valence-electron chi connectivity index (χ0n) is 33.0. The van der Waals surface area contributed by atoms with Crippen LogP contribution < -0.4 is 18.9 Å². The van der Waals surface area contributed by atoms with Crippen molar-refractivity contribution in [1.82, 2.24) is 18.9 Å². The van der Waals surface area contributed by atoms with Crippen LogP contribution in [-0.2, 0) is 12.8 Å². The molecular formula is C46H58AlF2LiN4. The third-order valence-corrected chi connectivity index (χ3v) is 11.4. The number of aryl methyl sites for hydroxylation is 2. The van der Waals surface area contributed by atoms with Crippen molar-refractivity contribution in [2.45, 2.75) is 77.3 Å². The molecule has 0 N–H and O–H groups in total. The number of nitrogens with zero attached hydrogens (tertiary/aromatic N) is 4. The van der Waals surface area contributed by atoms with Gasteiger partial charge in [0.25, 0.3) is 0 Å². The van der Waals surface area contributed by atoms with Crippen molar-refractivity contribution in [2.75, 3.05) is 39.3 Å². The number of benzene rings is 4. The summed E-state index contributed by atoms with van der Waals surface area (Å²) in [5.74, 6) is -0.305. The Morgan fingerprint density at radius 3 is 1.35 bits per heavy atom. The maximum atomic E-state index is 13.0. The van der Waals surface area contributed by atoms with E-state index in [-0.39, 0.29) is 49.3 Å². The number of aromatic nitrogens is 2. The summed E-state index contributed by atoms with van der Waals surface area (Å²) in [6.45, 7) is 11.1. The molecule has 54 heavy (non-hydrogen) atoms. The summed E-state index contributed by atoms with van der Waals surface area (Å²) in [5.41, 5.74) is 7.83. The van der Waals surface area contributed by atoms with Crippen molar-refractivity contribution in [2.24, 2.45) is 0 Å². The van der Waals surface area contributed by atoms with E-state index in [1.807, 2.05) is 24.3 Å². The molecule has 0 radical (unpaired) electrons. The summed E-state index contributed by atoms with van der Waals surface area (Å²) in [5, 5.41) is 2.68. The Labute approximate surface area is 345 Å². The van der Waals surface area contributed by atoms with Crippen LogP contribution in [0.25, 0.3) is 21.8 Å². The molecule has 4 aromatic carbocycles. The monoisotopic (exact) mass is 738 g/mol. The third kappa shape index (κ3) is 11.0. The zero-order valence-corrected chi connectivity index (χ0v) is 32.0. The van der Waals surface area contributed by atoms with E-state index in [9.17, 15) is 8.78 Å². The molecule has 0 amide bonds. The van der Waals surface area contributed by atoms with Crippen LogP contribution in [0.15, 0.2) is 109 Å². The van der Waals surface area contributed by atoms with Crippen molar-refractivity contribution in [1.29, 1.82) is 0 Å². The van der Waals surface area contributed by atoms with E-state index in [2.05, 4.69) is 93.7 Å². The van der Waals surface area contributed by atoms with Gasteiger partial charge in [0.05, 0.1) is 0 Å². The summed E-state index contributed by atoms with van der Waals surface area (Å²) in [7, 11) is 0. The number of hydrogen-bond acceptors (Lipinski definition) is 2. The fraction of sp³-hybridized carbons (Fsp3) is 0.391. The molecule has 8 heteroatoms. The molecule has 2 fully saturated rings. The molecule has 2 aromatic heterocycles. The Morgan fingerprint density at radius 2 is 0.944 bits per heavy atom. The minimum absolute atomic E-state index is 0. The Hall–Kier alpha value is -3.13. The number of likely N-dealkylation sites (tertiary alicyclic amines) is 2. The molecule has 2 unspecified atom stereocenters. The normalized spacial score (nSPS) is 18.2. The largest absolute Gasteiger partial charge is 1.00 e. The van der Waals surface area contributed by atoms with Crippen molar-refractivity contribution in [3.8, 4) is 0 Å². The maximum absolute atomic E-state index is 13.0. The van der Waals surface area contributed by atoms with Gasteiger partial charge in [-0.2, -0.15) is 0 Å². The molecular weight excluding hydrogens is 680 g/mol. The van der Waals surface area contributed by atoms with Gasteiger partial charge in [-0.1, -0.05) is 48.5 Å². The molecule has 2 atom stereocenters. The molecule has 4 nitrogen and oxygen atoms in total. The molecule has 2 aliphatic rings. The Morgan fingerprint density at radius 1 is 0.537 bits per heavy atom. The molecule has 280 valence electrons. The van der Waals surface area contributed by atoms with Gasteiger partial charge in [-0.15, -0.1) is 0 Å². The maximum Gasteiger partial charge on any atom is 1.00 e. The van der Waals surface area contributed by atoms with Gasteiger partial charge in [-0.25, -0.2) is 8.78 Å². The fourth-order valence-electron chi connectivity index (χ4n) is 8.31. The Balaban J connectivity index is 0.000000232. The summed E-state index contributed by atoms with van der Waals surface area (Å²) in [4.78, 5) is 5.14. The van der Waals surface area contributed by atoms with E-state index in [0.29, 0.717) is 12.1 Å². The molecule has 6 aromatic rings. The summed E-state index contributed by atoms with van der Waals surface area (Å²) >= 11 is 0. The van der Waals surface area contributed by atoms with Crippen molar-refractivity contribution >= 4 is 39.2 Å². The molecule has 8 rings (SSSR count). The van der Waals surface area contributed by atoms with Crippen LogP contribution in [0.1, 0.15) is 74.3 Å². The van der Waals surface area contributed by atoms with E-state index in [1.165, 1.54) is 82.6 Å². The predicted molar refractivity (Wildman–Crippen MR) is 223 cm³/mol. The average Bonchev–Trinajstić information content (AvgIpc) is 3.57. The van der Waals surface area contributed by atoms with Crippen LogP contribution in [0, 0.1) is 25.5 Å². The minimum atomic E-state index is -0.152. The van der Waals surface area contributed by atoms with Gasteiger partial charge in [-0.3, -0.25) is 0 Å². The third-order valence-electron chi connectivity index (χ3n) is 11.4. The molecule has 0 aliphatic carbocycles. The first-order chi connectivity index (χ1) is 25.4. The molecule has 0 bridgehead atoms. The van der Waals surface area contributed by atoms with Crippen LogP contribution in [0.2, 0.25) is 0 Å². The van der Waals surface area contributed by atoms with E-state index in [4.69, 9.17) is 0 Å². The summed E-state index contributed by atoms with van der Waals surface area (Å²) < 4.78 is 31.1. The molecule has 0 saturated carbocycles. The Bertz CT molecular complexity index is 1900. The van der Waals surface area contributed by atoms with Gasteiger partial charge in [-0.05, 0) is 160 Å². The standard InChI is InChI=1S/2C23H27FN2.Al.Li.4H/c2*1-18-4-7-20-11-16-26(23(20)17-18)22-3-2-13-25(15-12-22)14-10-19-5-8-21(24)9-6-19;;;;;;/h2*4-9,11,16-17,22H,2-3,10,12-15H2,1H3;;;;;;/q;;;+1;;;;-1. The van der Waals surface area contributed by atoms with Crippen molar-refractivity contribution in [3.05, 3.63) is 143 Å². The predicted octanol–water partition coefficient (Wildman–Crippen LogP) is 6.65. The van der Waals surface area contributed by atoms with Crippen LogP contribution in [-0.4, -0.2) is 75.6 Å². The first-order valence-electron chi connectivity index (χ1n) is 19.5. The second-order valence-corrected chi connectivity index (χ2v) is 15.2. The van der Waals surface area contributed by atoms with E-state index < -0.39 is 0 Å². The van der Waals surface area contributed by atoms with E-state index in [1.54, 1.807) is 24.3 Å². The number of fused-ring (bicyclic) bond motifs is 2. The van der Waals surface area contributed by atoms with Gasteiger partial charge >= 0.3 is 18.9 Å². The van der Waals surface area contributed by atoms with Crippen molar-refractivity contribution in [3.63, 3.8) is 0 Å². The van der Waals surface area contributed by atoms with Gasteiger partial charge in [0, 0.05) is 61.7 Å². The number of hydrogen-bond donors (Lipinski definition) is 0. The fourth-order valence-corrected chi connectivity index (χ4v) is 8.31. The van der Waals surface area contributed by atoms with Crippen LogP contribution in [0.4, 0.5) is 8.78 Å². The van der Waals surface area contributed by atoms with E-state index >= 15 is 0 Å².